The molecule has 0 bridgehead atoms. The molecule has 0 N–H and O–H groups in total. The van der Waals surface area contributed by atoms with Crippen molar-refractivity contribution in [3.8, 4) is 5.19 Å². The van der Waals surface area contributed by atoms with Gasteiger partial charge in [-0.1, -0.05) is 23.8 Å². The molecule has 2 aliphatic rings. The van der Waals surface area contributed by atoms with Gasteiger partial charge in [-0.25, -0.2) is 12.8 Å². The number of thiazole rings is 1. The zero-order chi connectivity index (χ0) is 23.7. The molecule has 1 amide bonds. The predicted molar refractivity (Wildman–Crippen MR) is 128 cm³/mol. The van der Waals surface area contributed by atoms with E-state index in [1.807, 2.05) is 6.07 Å². The molecule has 34 heavy (non-hydrogen) atoms. The molecule has 180 valence electrons. The van der Waals surface area contributed by atoms with Gasteiger partial charge in [-0.05, 0) is 49.2 Å². The van der Waals surface area contributed by atoms with Crippen LogP contribution in [0.4, 0.5) is 4.39 Å². The van der Waals surface area contributed by atoms with Crippen molar-refractivity contribution < 1.29 is 22.3 Å². The summed E-state index contributed by atoms with van der Waals surface area (Å²) in [6, 6.07) is 11.1. The number of ether oxygens (including phenoxy) is 1. The number of nitrogens with zero attached hydrogens (tertiary/aromatic N) is 3. The van der Waals surface area contributed by atoms with Crippen LogP contribution in [0.5, 0.6) is 5.19 Å². The Balaban J connectivity index is 1.18. The molecule has 3 aromatic rings. The van der Waals surface area contributed by atoms with E-state index in [0.29, 0.717) is 55.3 Å². The van der Waals surface area contributed by atoms with Crippen molar-refractivity contribution in [2.45, 2.75) is 43.1 Å². The summed E-state index contributed by atoms with van der Waals surface area (Å²) in [5.41, 5.74) is 0.791. The van der Waals surface area contributed by atoms with Gasteiger partial charge in [-0.2, -0.15) is 9.29 Å². The minimum Gasteiger partial charge on any atom is -0.467 e. The second-order valence-electron chi connectivity index (χ2n) is 8.66. The first-order chi connectivity index (χ1) is 16.4. The van der Waals surface area contributed by atoms with Crippen LogP contribution >= 0.6 is 11.3 Å². The lowest BCUT2D eigenvalue weighted by atomic mass is 10.1. The monoisotopic (exact) mass is 503 g/mol. The summed E-state index contributed by atoms with van der Waals surface area (Å²) < 4.78 is 47.8. The quantitative estimate of drug-likeness (QED) is 0.519. The van der Waals surface area contributed by atoms with E-state index in [9.17, 15) is 17.6 Å². The van der Waals surface area contributed by atoms with Crippen molar-refractivity contribution in [3.05, 3.63) is 53.8 Å². The fraction of sp³-hybridized carbons (Fsp3) is 0.417. The fourth-order valence-corrected chi connectivity index (χ4v) is 6.88. The summed E-state index contributed by atoms with van der Waals surface area (Å²) in [5.74, 6) is -0.485. The van der Waals surface area contributed by atoms with Crippen LogP contribution in [0.1, 0.15) is 42.5 Å². The Morgan fingerprint density at radius 3 is 2.38 bits per heavy atom. The number of para-hydroxylation sites is 1. The SMILES string of the molecule is O=C(c1ccc(S(=O)(=O)N2CCCCC2)cc1)N1CCC(Oc2nc3c(F)cccc3s2)CC1. The van der Waals surface area contributed by atoms with Gasteiger partial charge in [0.2, 0.25) is 10.0 Å². The van der Waals surface area contributed by atoms with Crippen molar-refractivity contribution in [1.82, 2.24) is 14.2 Å². The highest BCUT2D eigenvalue weighted by atomic mass is 32.2. The van der Waals surface area contributed by atoms with Crippen molar-refractivity contribution in [1.29, 1.82) is 0 Å². The van der Waals surface area contributed by atoms with Crippen LogP contribution in [-0.4, -0.2) is 60.8 Å². The Kier molecular flexibility index (Phi) is 6.54. The first-order valence-electron chi connectivity index (χ1n) is 11.5. The van der Waals surface area contributed by atoms with Gasteiger partial charge in [-0.3, -0.25) is 4.79 Å². The molecule has 2 aliphatic heterocycles. The second-order valence-corrected chi connectivity index (χ2v) is 11.6. The van der Waals surface area contributed by atoms with Crippen LogP contribution in [0.3, 0.4) is 0 Å². The number of fused-ring (bicyclic) bond motifs is 1. The molecule has 5 rings (SSSR count). The van der Waals surface area contributed by atoms with E-state index in [2.05, 4.69) is 4.98 Å². The number of sulfonamides is 1. The summed E-state index contributed by atoms with van der Waals surface area (Å²) in [6.07, 6.45) is 4.01. The molecule has 0 atom stereocenters. The third-order valence-electron chi connectivity index (χ3n) is 6.40. The van der Waals surface area contributed by atoms with Gasteiger partial charge in [0, 0.05) is 44.6 Å². The molecule has 0 unspecified atom stereocenters. The molecule has 0 radical (unpaired) electrons. The standard InChI is InChI=1S/C24H26FN3O4S2/c25-20-5-4-6-21-22(20)26-24(33-21)32-18-11-15-27(16-12-18)23(29)17-7-9-19(10-8-17)34(30,31)28-13-2-1-3-14-28/h4-10,18H,1-3,11-16H2. The van der Waals surface area contributed by atoms with E-state index in [0.717, 1.165) is 24.0 Å². The van der Waals surface area contributed by atoms with E-state index in [1.54, 1.807) is 23.1 Å². The summed E-state index contributed by atoms with van der Waals surface area (Å²) in [5, 5.41) is 0.440. The maximum absolute atomic E-state index is 13.9. The zero-order valence-electron chi connectivity index (χ0n) is 18.7. The van der Waals surface area contributed by atoms with E-state index in [-0.39, 0.29) is 22.7 Å². The summed E-state index contributed by atoms with van der Waals surface area (Å²) in [4.78, 5) is 19.2. The van der Waals surface area contributed by atoms with Crippen LogP contribution < -0.4 is 4.74 Å². The third kappa shape index (κ3) is 4.67. The van der Waals surface area contributed by atoms with Gasteiger partial charge in [0.1, 0.15) is 17.4 Å². The molecular formula is C24H26FN3O4S2. The van der Waals surface area contributed by atoms with Crippen LogP contribution in [0.25, 0.3) is 10.2 Å². The van der Waals surface area contributed by atoms with Crippen molar-refractivity contribution >= 4 is 37.5 Å². The summed E-state index contributed by atoms with van der Waals surface area (Å²) >= 11 is 1.32. The molecule has 2 fully saturated rings. The van der Waals surface area contributed by atoms with Gasteiger partial charge in [0.15, 0.2) is 0 Å². The average molecular weight is 504 g/mol. The molecule has 3 heterocycles. The number of benzene rings is 2. The van der Waals surface area contributed by atoms with Crippen LogP contribution in [-0.2, 0) is 10.0 Å². The number of amides is 1. The predicted octanol–water partition coefficient (Wildman–Crippen LogP) is 4.29. The van der Waals surface area contributed by atoms with E-state index in [4.69, 9.17) is 4.74 Å². The molecular weight excluding hydrogens is 477 g/mol. The highest BCUT2D eigenvalue weighted by Gasteiger charge is 2.28. The lowest BCUT2D eigenvalue weighted by Gasteiger charge is -2.31. The van der Waals surface area contributed by atoms with E-state index in [1.165, 1.54) is 33.8 Å². The van der Waals surface area contributed by atoms with E-state index < -0.39 is 10.0 Å². The number of piperidine rings is 2. The highest BCUT2D eigenvalue weighted by Crippen LogP contribution is 2.31. The molecule has 1 aromatic heterocycles. The smallest absolute Gasteiger partial charge is 0.274 e. The van der Waals surface area contributed by atoms with E-state index >= 15 is 0 Å². The summed E-state index contributed by atoms with van der Waals surface area (Å²) in [7, 11) is -3.52. The number of rotatable bonds is 5. The Morgan fingerprint density at radius 1 is 1.00 bits per heavy atom. The first-order valence-corrected chi connectivity index (χ1v) is 13.8. The average Bonchev–Trinajstić information content (AvgIpc) is 3.28. The molecule has 0 saturated carbocycles. The number of carbonyl (C=O) groups excluding carboxylic acids is 1. The third-order valence-corrected chi connectivity index (χ3v) is 9.23. The Hall–Kier alpha value is -2.56. The largest absolute Gasteiger partial charge is 0.467 e. The minimum absolute atomic E-state index is 0.0928. The summed E-state index contributed by atoms with van der Waals surface area (Å²) in [6.45, 7) is 2.14. The van der Waals surface area contributed by atoms with Gasteiger partial charge in [0.05, 0.1) is 9.60 Å². The maximum atomic E-state index is 13.9. The Morgan fingerprint density at radius 2 is 1.71 bits per heavy atom. The topological polar surface area (TPSA) is 79.8 Å². The lowest BCUT2D eigenvalue weighted by Crippen LogP contribution is -2.41. The number of aromatic nitrogens is 1. The molecule has 7 nitrogen and oxygen atoms in total. The molecule has 0 aliphatic carbocycles. The number of hydrogen-bond donors (Lipinski definition) is 0. The molecule has 2 saturated heterocycles. The second kappa shape index (κ2) is 9.59. The Labute approximate surface area is 202 Å². The van der Waals surface area contributed by atoms with Crippen molar-refractivity contribution in [2.75, 3.05) is 26.2 Å². The normalized spacial score (nSPS) is 18.3. The Bertz CT molecular complexity index is 1280. The van der Waals surface area contributed by atoms with Gasteiger partial charge in [0.25, 0.3) is 11.1 Å². The highest BCUT2D eigenvalue weighted by molar-refractivity contribution is 7.89. The van der Waals surface area contributed by atoms with Gasteiger partial charge in [-0.15, -0.1) is 0 Å². The number of halogens is 1. The van der Waals surface area contributed by atoms with Crippen LogP contribution in [0.15, 0.2) is 47.4 Å². The minimum atomic E-state index is -3.52. The number of hydrogen-bond acceptors (Lipinski definition) is 6. The maximum Gasteiger partial charge on any atom is 0.274 e. The zero-order valence-corrected chi connectivity index (χ0v) is 20.3. The first kappa shape index (κ1) is 23.2. The number of carbonyl (C=O) groups is 1. The lowest BCUT2D eigenvalue weighted by molar-refractivity contribution is 0.0595. The number of likely N-dealkylation sites (tertiary alicyclic amines) is 1. The van der Waals surface area contributed by atoms with Gasteiger partial charge < -0.3 is 9.64 Å². The van der Waals surface area contributed by atoms with Crippen molar-refractivity contribution in [3.63, 3.8) is 0 Å². The molecule has 0 spiro atoms. The van der Waals surface area contributed by atoms with Crippen molar-refractivity contribution in [2.24, 2.45) is 0 Å². The van der Waals surface area contributed by atoms with Gasteiger partial charge >= 0.3 is 0 Å². The van der Waals surface area contributed by atoms with Crippen LogP contribution in [0.2, 0.25) is 0 Å². The van der Waals surface area contributed by atoms with Crippen LogP contribution in [0, 0.1) is 5.82 Å². The molecule has 10 heteroatoms. The molecule has 2 aromatic carbocycles. The fourth-order valence-electron chi connectivity index (χ4n) is 4.47.